The zero-order valence-electron chi connectivity index (χ0n) is 11.3. The highest BCUT2D eigenvalue weighted by Gasteiger charge is 2.68. The molecule has 20 heavy (non-hydrogen) atoms. The molecular formula is C14H16ClF2NO2. The Morgan fingerprint density at radius 2 is 2.20 bits per heavy atom. The molecular weight excluding hydrogens is 288 g/mol. The molecule has 0 heterocycles. The molecule has 0 radical (unpaired) electrons. The minimum absolute atomic E-state index is 0.197. The maximum absolute atomic E-state index is 13.8. The van der Waals surface area contributed by atoms with Gasteiger partial charge in [-0.15, -0.1) is 0 Å². The number of hydrogen-bond donors (Lipinski definition) is 1. The van der Waals surface area contributed by atoms with E-state index in [1.54, 1.807) is 13.0 Å². The number of rotatable bonds is 3. The number of nitrogens with two attached hydrogens (primary N) is 1. The minimum Gasteiger partial charge on any atom is -0.454 e. The molecule has 0 amide bonds. The average Bonchev–Trinajstić information content (AvgIpc) is 2.30. The van der Waals surface area contributed by atoms with E-state index in [2.05, 4.69) is 0 Å². The molecule has 1 aromatic rings. The number of anilines is 1. The number of hydrogen-bond acceptors (Lipinski definition) is 3. The maximum Gasteiger partial charge on any atom is 0.303 e. The van der Waals surface area contributed by atoms with Gasteiger partial charge in [0.15, 0.2) is 5.60 Å². The number of nitrogen functional groups attached to an aromatic ring is 1. The van der Waals surface area contributed by atoms with Gasteiger partial charge in [-0.2, -0.15) is 0 Å². The summed E-state index contributed by atoms with van der Waals surface area (Å²) in [5.41, 5.74) is 5.15. The van der Waals surface area contributed by atoms with Crippen molar-refractivity contribution in [3.05, 3.63) is 28.8 Å². The predicted octanol–water partition coefficient (Wildman–Crippen LogP) is 3.75. The monoisotopic (exact) mass is 303 g/mol. The van der Waals surface area contributed by atoms with Crippen LogP contribution in [0.4, 0.5) is 14.5 Å². The summed E-state index contributed by atoms with van der Waals surface area (Å²) in [7, 11) is 0. The number of halogens is 3. The molecule has 1 aliphatic carbocycles. The quantitative estimate of drug-likeness (QED) is 0.683. The van der Waals surface area contributed by atoms with Crippen molar-refractivity contribution >= 4 is 23.3 Å². The summed E-state index contributed by atoms with van der Waals surface area (Å²) in [6.45, 7) is 2.86. The molecule has 3 nitrogen and oxygen atoms in total. The van der Waals surface area contributed by atoms with Gasteiger partial charge in [0.1, 0.15) is 0 Å². The van der Waals surface area contributed by atoms with Gasteiger partial charge in [0.25, 0.3) is 5.92 Å². The van der Waals surface area contributed by atoms with Crippen LogP contribution >= 0.6 is 11.6 Å². The van der Waals surface area contributed by atoms with E-state index in [-0.39, 0.29) is 12.1 Å². The van der Waals surface area contributed by atoms with Crippen molar-refractivity contribution in [1.82, 2.24) is 0 Å². The lowest BCUT2D eigenvalue weighted by atomic mass is 9.61. The van der Waals surface area contributed by atoms with Crippen LogP contribution < -0.4 is 5.73 Å². The van der Waals surface area contributed by atoms with Crippen molar-refractivity contribution in [3.63, 3.8) is 0 Å². The van der Waals surface area contributed by atoms with Gasteiger partial charge < -0.3 is 10.5 Å². The smallest absolute Gasteiger partial charge is 0.303 e. The Morgan fingerprint density at radius 1 is 1.55 bits per heavy atom. The summed E-state index contributed by atoms with van der Waals surface area (Å²) in [6.07, 6.45) is -0.331. The Labute approximate surface area is 121 Å². The number of benzene rings is 1. The largest absolute Gasteiger partial charge is 0.454 e. The van der Waals surface area contributed by atoms with E-state index in [9.17, 15) is 13.6 Å². The van der Waals surface area contributed by atoms with Crippen LogP contribution in [0.5, 0.6) is 0 Å². The lowest BCUT2D eigenvalue weighted by Gasteiger charge is -2.53. The molecule has 1 saturated carbocycles. The van der Waals surface area contributed by atoms with E-state index in [0.717, 1.165) is 0 Å². The van der Waals surface area contributed by atoms with Crippen molar-refractivity contribution in [2.75, 3.05) is 5.73 Å². The number of carbonyl (C=O) groups is 1. The van der Waals surface area contributed by atoms with Gasteiger partial charge in [0, 0.05) is 6.92 Å². The molecule has 1 aliphatic rings. The molecule has 0 bridgehead atoms. The molecule has 6 heteroatoms. The van der Waals surface area contributed by atoms with Crippen molar-refractivity contribution in [2.24, 2.45) is 5.92 Å². The molecule has 1 fully saturated rings. The van der Waals surface area contributed by atoms with Crippen molar-refractivity contribution in [1.29, 1.82) is 0 Å². The maximum atomic E-state index is 13.8. The van der Waals surface area contributed by atoms with Gasteiger partial charge in [0.05, 0.1) is 23.0 Å². The summed E-state index contributed by atoms with van der Waals surface area (Å²) in [5.74, 6) is -4.49. The van der Waals surface area contributed by atoms with E-state index in [4.69, 9.17) is 22.1 Å². The molecule has 0 spiro atoms. The van der Waals surface area contributed by atoms with Crippen LogP contribution in [0.3, 0.4) is 0 Å². The fraction of sp³-hybridized carbons (Fsp3) is 0.500. The number of esters is 1. The summed E-state index contributed by atoms with van der Waals surface area (Å²) in [5, 5.41) is 0.339. The Bertz CT molecular complexity index is 550. The van der Waals surface area contributed by atoms with Gasteiger partial charge in [-0.25, -0.2) is 8.78 Å². The summed E-state index contributed by atoms with van der Waals surface area (Å²) in [4.78, 5) is 11.3. The fourth-order valence-electron chi connectivity index (χ4n) is 2.97. The first kappa shape index (κ1) is 15.0. The topological polar surface area (TPSA) is 52.3 Å². The van der Waals surface area contributed by atoms with Gasteiger partial charge >= 0.3 is 5.97 Å². The zero-order chi connectivity index (χ0) is 15.1. The van der Waals surface area contributed by atoms with Crippen molar-refractivity contribution < 1.29 is 18.3 Å². The Morgan fingerprint density at radius 3 is 2.65 bits per heavy atom. The lowest BCUT2D eigenvalue weighted by Crippen LogP contribution is -2.61. The Kier molecular flexibility index (Phi) is 3.67. The highest BCUT2D eigenvalue weighted by atomic mass is 35.5. The fourth-order valence-corrected chi connectivity index (χ4v) is 3.09. The van der Waals surface area contributed by atoms with E-state index in [1.807, 2.05) is 0 Å². The summed E-state index contributed by atoms with van der Waals surface area (Å²) < 4.78 is 32.8. The van der Waals surface area contributed by atoms with E-state index >= 15 is 0 Å². The molecule has 2 unspecified atom stereocenters. The first-order valence-electron chi connectivity index (χ1n) is 6.36. The molecule has 0 aliphatic heterocycles. The lowest BCUT2D eigenvalue weighted by molar-refractivity contribution is -0.278. The average molecular weight is 304 g/mol. The molecule has 110 valence electrons. The van der Waals surface area contributed by atoms with Crippen LogP contribution in [0.25, 0.3) is 0 Å². The highest BCUT2D eigenvalue weighted by molar-refractivity contribution is 6.33. The van der Waals surface area contributed by atoms with Crippen LogP contribution in [0.2, 0.25) is 5.02 Å². The third-order valence-corrected chi connectivity index (χ3v) is 4.13. The first-order chi connectivity index (χ1) is 9.23. The standard InChI is InChI=1S/C14H16ClF2NO2/c1-3-12-13(20-8(2)19,7-14(12,16)17)9-4-5-10(15)11(18)6-9/h4-6,12H,3,7,18H2,1-2H3. The first-order valence-corrected chi connectivity index (χ1v) is 6.73. The molecule has 2 atom stereocenters. The summed E-state index contributed by atoms with van der Waals surface area (Å²) >= 11 is 5.84. The molecule has 2 rings (SSSR count). The van der Waals surface area contributed by atoms with E-state index in [0.29, 0.717) is 10.6 Å². The number of ether oxygens (including phenoxy) is 1. The van der Waals surface area contributed by atoms with Crippen LogP contribution in [-0.2, 0) is 15.1 Å². The third-order valence-electron chi connectivity index (χ3n) is 3.79. The summed E-state index contributed by atoms with van der Waals surface area (Å²) in [6, 6.07) is 4.61. The molecule has 1 aromatic carbocycles. The SMILES string of the molecule is CCC1C(F)(F)CC1(OC(C)=O)c1ccc(Cl)c(N)c1. The Balaban J connectivity index is 2.48. The number of carbonyl (C=O) groups excluding carboxylic acids is 1. The van der Waals surface area contributed by atoms with Crippen molar-refractivity contribution in [3.8, 4) is 0 Å². The van der Waals surface area contributed by atoms with Gasteiger partial charge in [0.2, 0.25) is 0 Å². The third kappa shape index (κ3) is 2.24. The predicted molar refractivity (Wildman–Crippen MR) is 72.7 cm³/mol. The van der Waals surface area contributed by atoms with E-state index in [1.165, 1.54) is 19.1 Å². The zero-order valence-corrected chi connectivity index (χ0v) is 12.0. The highest BCUT2D eigenvalue weighted by Crippen LogP contribution is 2.60. The Hall–Kier alpha value is -1.36. The number of alkyl halides is 2. The van der Waals surface area contributed by atoms with Gasteiger partial charge in [-0.3, -0.25) is 4.79 Å². The van der Waals surface area contributed by atoms with Crippen LogP contribution in [0.1, 0.15) is 32.3 Å². The second-order valence-corrected chi connectivity index (χ2v) is 5.53. The van der Waals surface area contributed by atoms with Gasteiger partial charge in [-0.05, 0) is 24.1 Å². The molecule has 0 aromatic heterocycles. The van der Waals surface area contributed by atoms with Crippen molar-refractivity contribution in [2.45, 2.75) is 38.2 Å². The van der Waals surface area contributed by atoms with Crippen LogP contribution in [0, 0.1) is 5.92 Å². The minimum atomic E-state index is -2.85. The molecule has 2 N–H and O–H groups in total. The van der Waals surface area contributed by atoms with Gasteiger partial charge in [-0.1, -0.05) is 24.6 Å². The van der Waals surface area contributed by atoms with Crippen LogP contribution in [-0.4, -0.2) is 11.9 Å². The second kappa shape index (κ2) is 4.88. The van der Waals surface area contributed by atoms with E-state index < -0.39 is 29.8 Å². The molecule has 0 saturated heterocycles. The normalized spacial score (nSPS) is 27.8. The van der Waals surface area contributed by atoms with Crippen LogP contribution in [0.15, 0.2) is 18.2 Å². The second-order valence-electron chi connectivity index (χ2n) is 5.12.